The molecule has 0 saturated carbocycles. The maximum atomic E-state index is 13.0. The number of fused-ring (bicyclic) bond motifs is 1. The molecule has 0 aromatic carbocycles. The summed E-state index contributed by atoms with van der Waals surface area (Å²) in [6, 6.07) is 2.81. The number of nitrogens with zero attached hydrogens (tertiary/aromatic N) is 5. The van der Waals surface area contributed by atoms with Gasteiger partial charge < -0.3 is 19.8 Å². The largest absolute Gasteiger partial charge is 0.400 e. The van der Waals surface area contributed by atoms with Gasteiger partial charge in [0.15, 0.2) is 11.6 Å². The molecule has 0 atom stereocenters. The Kier molecular flexibility index (Phi) is 9.32. The second kappa shape index (κ2) is 12.3. The number of hydrogen-bond acceptors (Lipinski definition) is 6. The maximum Gasteiger partial charge on any atom is 0.400 e. The van der Waals surface area contributed by atoms with Gasteiger partial charge in [0.1, 0.15) is 23.4 Å². The normalized spacial score (nSPS) is 12.4. The number of anilines is 1. The molecule has 40 heavy (non-hydrogen) atoms. The van der Waals surface area contributed by atoms with E-state index in [0.29, 0.717) is 12.8 Å². The lowest BCUT2D eigenvalue weighted by Gasteiger charge is -2.22. The molecule has 3 aromatic rings. The molecule has 10 nitrogen and oxygen atoms in total. The number of H-pyrrole nitrogens is 1. The highest BCUT2D eigenvalue weighted by Crippen LogP contribution is 2.41. The molecule has 0 aliphatic heterocycles. The summed E-state index contributed by atoms with van der Waals surface area (Å²) in [5, 5.41) is 2.45. The lowest BCUT2D eigenvalue weighted by Crippen LogP contribution is -2.38. The van der Waals surface area contributed by atoms with E-state index in [4.69, 9.17) is 0 Å². The molecule has 3 rings (SSSR count). The second-order valence-electron chi connectivity index (χ2n) is 8.80. The van der Waals surface area contributed by atoms with Gasteiger partial charge in [-0.1, -0.05) is 6.08 Å². The van der Waals surface area contributed by atoms with Crippen LogP contribution in [0.5, 0.6) is 0 Å². The van der Waals surface area contributed by atoms with Crippen LogP contribution in [0.2, 0.25) is 0 Å². The molecular weight excluding hydrogens is 548 g/mol. The number of carbonyl (C=O) groups is 2. The van der Waals surface area contributed by atoms with Crippen LogP contribution in [0.15, 0.2) is 41.6 Å². The molecule has 2 amide bonds. The highest BCUT2D eigenvalue weighted by atomic mass is 19.4. The molecule has 16 heteroatoms. The summed E-state index contributed by atoms with van der Waals surface area (Å²) in [7, 11) is 3.20. The Labute approximate surface area is 223 Å². The minimum absolute atomic E-state index is 0.0171. The number of hydrogen-bond donors (Lipinski definition) is 2. The van der Waals surface area contributed by atoms with Gasteiger partial charge in [-0.2, -0.15) is 26.3 Å². The molecule has 2 N–H and O–H groups in total. The average Bonchev–Trinajstić information content (AvgIpc) is 3.26. The van der Waals surface area contributed by atoms with Gasteiger partial charge in [0.25, 0.3) is 5.56 Å². The SMILES string of the molecule is CN(C)C(=O)/C=C/CC[CH]C(=O)Nc1cccn(Cc2nc3c(CC(C(F)(F)F)C(F)(F)F)ncnc3[nH]2)c1=O. The van der Waals surface area contributed by atoms with Crippen molar-refractivity contribution >= 4 is 28.7 Å². The van der Waals surface area contributed by atoms with Gasteiger partial charge in [0, 0.05) is 26.7 Å². The number of aromatic amines is 1. The van der Waals surface area contributed by atoms with Crippen LogP contribution >= 0.6 is 0 Å². The number of likely N-dealkylation sites (N-methyl/N-ethyl adjacent to an activating group) is 1. The first-order valence-electron chi connectivity index (χ1n) is 11.7. The van der Waals surface area contributed by atoms with Gasteiger partial charge in [-0.05, 0) is 31.1 Å². The van der Waals surface area contributed by atoms with E-state index in [1.807, 2.05) is 0 Å². The molecule has 0 spiro atoms. The summed E-state index contributed by atoms with van der Waals surface area (Å²) in [4.78, 5) is 52.0. The van der Waals surface area contributed by atoms with Crippen LogP contribution < -0.4 is 10.9 Å². The minimum Gasteiger partial charge on any atom is -0.345 e. The van der Waals surface area contributed by atoms with E-state index in [1.165, 1.54) is 35.7 Å². The quantitative estimate of drug-likeness (QED) is 0.218. The molecule has 0 unspecified atom stereocenters. The van der Waals surface area contributed by atoms with Crippen LogP contribution in [0.1, 0.15) is 24.4 Å². The second-order valence-corrected chi connectivity index (χ2v) is 8.80. The number of halogens is 6. The van der Waals surface area contributed by atoms with Gasteiger partial charge in [-0.25, -0.2) is 15.0 Å². The standard InChI is InChI=1S/C24H24F6N7O3/c1-36(2)19(39)9-5-3-4-8-18(38)33-14-7-6-10-37(22(14)40)12-17-34-20-15(31-13-32-21(20)35-17)11-16(23(25,26)27)24(28,29)30/h5-10,13,16H,3-4,11-12H2,1-2H3,(H,33,38)(H,31,32,34,35)/b9-5+. The molecule has 0 bridgehead atoms. The number of aromatic nitrogens is 5. The van der Waals surface area contributed by atoms with Gasteiger partial charge in [0.2, 0.25) is 11.8 Å². The summed E-state index contributed by atoms with van der Waals surface area (Å²) in [6.45, 7) is -0.255. The maximum absolute atomic E-state index is 13.0. The molecule has 3 heterocycles. The van der Waals surface area contributed by atoms with Crippen LogP contribution in [-0.4, -0.2) is 67.7 Å². The first-order valence-corrected chi connectivity index (χ1v) is 11.7. The van der Waals surface area contributed by atoms with Crippen molar-refractivity contribution in [3.8, 4) is 0 Å². The van der Waals surface area contributed by atoms with E-state index in [2.05, 4.69) is 25.3 Å². The Morgan fingerprint density at radius 1 is 1.12 bits per heavy atom. The van der Waals surface area contributed by atoms with Crippen molar-refractivity contribution in [2.45, 2.75) is 38.2 Å². The monoisotopic (exact) mass is 572 g/mol. The zero-order valence-electron chi connectivity index (χ0n) is 21.2. The molecule has 0 fully saturated rings. The summed E-state index contributed by atoms with van der Waals surface area (Å²) in [5.41, 5.74) is -1.66. The molecule has 3 aromatic heterocycles. The fourth-order valence-electron chi connectivity index (χ4n) is 3.50. The Balaban J connectivity index is 1.71. The van der Waals surface area contributed by atoms with E-state index >= 15 is 0 Å². The third kappa shape index (κ3) is 7.89. The van der Waals surface area contributed by atoms with Gasteiger partial charge in [0.05, 0.1) is 18.7 Å². The van der Waals surface area contributed by atoms with Crippen molar-refractivity contribution in [2.24, 2.45) is 5.92 Å². The van der Waals surface area contributed by atoms with Crippen molar-refractivity contribution in [3.63, 3.8) is 0 Å². The Morgan fingerprint density at radius 2 is 1.82 bits per heavy atom. The predicted molar refractivity (Wildman–Crippen MR) is 131 cm³/mol. The number of amides is 2. The molecule has 0 aliphatic carbocycles. The number of carbonyl (C=O) groups excluding carboxylic acids is 2. The van der Waals surface area contributed by atoms with Crippen LogP contribution in [0.25, 0.3) is 11.2 Å². The van der Waals surface area contributed by atoms with E-state index < -0.39 is 41.9 Å². The highest BCUT2D eigenvalue weighted by molar-refractivity contribution is 5.96. The van der Waals surface area contributed by atoms with Crippen LogP contribution in [0, 0.1) is 12.3 Å². The third-order valence-electron chi connectivity index (χ3n) is 5.56. The summed E-state index contributed by atoms with van der Waals surface area (Å²) in [6.07, 6.45) is -5.42. The number of unbranched alkanes of at least 4 members (excludes halogenated alkanes) is 1. The number of pyridine rings is 1. The minimum atomic E-state index is -5.55. The summed E-state index contributed by atoms with van der Waals surface area (Å²) < 4.78 is 79.4. The van der Waals surface area contributed by atoms with Gasteiger partial charge >= 0.3 is 12.4 Å². The van der Waals surface area contributed by atoms with Crippen LogP contribution in [0.3, 0.4) is 0 Å². The first kappa shape index (κ1) is 30.3. The van der Waals surface area contributed by atoms with Crippen LogP contribution in [-0.2, 0) is 22.6 Å². The van der Waals surface area contributed by atoms with Crippen molar-refractivity contribution in [1.29, 1.82) is 0 Å². The van der Waals surface area contributed by atoms with Crippen molar-refractivity contribution in [2.75, 3.05) is 19.4 Å². The third-order valence-corrected chi connectivity index (χ3v) is 5.56. The lowest BCUT2D eigenvalue weighted by molar-refractivity contribution is -0.283. The topological polar surface area (TPSA) is 126 Å². The Morgan fingerprint density at radius 3 is 2.48 bits per heavy atom. The van der Waals surface area contributed by atoms with E-state index in [0.717, 1.165) is 10.9 Å². The van der Waals surface area contributed by atoms with Crippen LogP contribution in [0.4, 0.5) is 32.0 Å². The Hall–Kier alpha value is -4.24. The van der Waals surface area contributed by atoms with Gasteiger partial charge in [-0.3, -0.25) is 14.4 Å². The fourth-order valence-corrected chi connectivity index (χ4v) is 3.50. The van der Waals surface area contributed by atoms with E-state index in [1.54, 1.807) is 20.2 Å². The zero-order valence-corrected chi connectivity index (χ0v) is 21.2. The number of rotatable bonds is 10. The number of allylic oxidation sites excluding steroid dienone is 1. The fraction of sp³-hybridized carbons (Fsp3) is 0.375. The zero-order chi connectivity index (χ0) is 29.7. The predicted octanol–water partition coefficient (Wildman–Crippen LogP) is 3.41. The van der Waals surface area contributed by atoms with Crippen molar-refractivity contribution in [3.05, 3.63) is 65.1 Å². The number of imidazole rings is 1. The first-order chi connectivity index (χ1) is 18.7. The number of alkyl halides is 6. The smallest absolute Gasteiger partial charge is 0.345 e. The lowest BCUT2D eigenvalue weighted by atomic mass is 10.0. The summed E-state index contributed by atoms with van der Waals surface area (Å²) >= 11 is 0. The average molecular weight is 572 g/mol. The van der Waals surface area contributed by atoms with Crippen molar-refractivity contribution < 1.29 is 35.9 Å². The molecule has 215 valence electrons. The molecular formula is C24H24F6N7O3. The Bertz CT molecular complexity index is 1430. The van der Waals surface area contributed by atoms with Gasteiger partial charge in [-0.15, -0.1) is 0 Å². The highest BCUT2D eigenvalue weighted by Gasteiger charge is 2.56. The molecule has 0 saturated heterocycles. The van der Waals surface area contributed by atoms with E-state index in [9.17, 15) is 40.7 Å². The molecule has 0 aliphatic rings. The summed E-state index contributed by atoms with van der Waals surface area (Å²) in [5.74, 6) is -4.39. The number of nitrogens with one attached hydrogen (secondary N) is 2. The molecule has 1 radical (unpaired) electrons. The van der Waals surface area contributed by atoms with E-state index in [-0.39, 0.29) is 35.1 Å². The van der Waals surface area contributed by atoms with Crippen molar-refractivity contribution in [1.82, 2.24) is 29.4 Å².